The van der Waals surface area contributed by atoms with Crippen LogP contribution < -0.4 is 20.8 Å². The Morgan fingerprint density at radius 1 is 1.09 bits per heavy atom. The van der Waals surface area contributed by atoms with Gasteiger partial charge in [-0.15, -0.1) is 0 Å². The van der Waals surface area contributed by atoms with E-state index in [2.05, 4.69) is 29.5 Å². The molecule has 8 nitrogen and oxygen atoms in total. The van der Waals surface area contributed by atoms with Crippen molar-refractivity contribution in [3.63, 3.8) is 0 Å². The molecule has 3 aliphatic rings. The van der Waals surface area contributed by atoms with Crippen molar-refractivity contribution >= 4 is 33.3 Å². The molecule has 1 saturated carbocycles. The second-order valence-corrected chi connectivity index (χ2v) is 12.8. The van der Waals surface area contributed by atoms with Gasteiger partial charge in [0.15, 0.2) is 17.3 Å². The zero-order chi connectivity index (χ0) is 31.7. The SMILES string of the molecule is CC1CCCN1C.CCNC(=O)c1cn2c3c(c(NCC4(O)CCCCCC4)c(F)cc3c1=O)Oc1cc3ccccc3cc1-2. The van der Waals surface area contributed by atoms with Crippen molar-refractivity contribution in [1.82, 2.24) is 14.8 Å². The number of carbonyl (C=O) groups is 1. The summed E-state index contributed by atoms with van der Waals surface area (Å²) in [7, 11) is 2.19. The zero-order valence-corrected chi connectivity index (χ0v) is 26.4. The average Bonchev–Trinajstić information content (AvgIpc) is 3.26. The molecule has 1 unspecified atom stereocenters. The standard InChI is InChI=1S/C30H30FN3O4.C6H13N/c1-2-32-29(36)21-16-34-23-13-18-9-5-6-10-19(18)14-24(23)38-28-25(22(31)15-20(26(28)34)27(21)35)33-17-30(37)11-7-3-4-8-12-30;1-6-4-3-5-7(6)2/h5-6,9-10,13-16,33,37H,2-4,7-8,11-12,17H2,1H3,(H,32,36);6H,3-5H2,1-2H3. The van der Waals surface area contributed by atoms with Crippen molar-refractivity contribution in [3.8, 4) is 17.2 Å². The number of hydrogen-bond donors (Lipinski definition) is 3. The van der Waals surface area contributed by atoms with Crippen molar-refractivity contribution in [3.05, 3.63) is 70.3 Å². The molecule has 1 atom stereocenters. The van der Waals surface area contributed by atoms with Gasteiger partial charge in [-0.3, -0.25) is 9.59 Å². The smallest absolute Gasteiger partial charge is 0.256 e. The maximum Gasteiger partial charge on any atom is 0.256 e. The number of fused-ring (bicyclic) bond motifs is 3. The van der Waals surface area contributed by atoms with E-state index in [1.54, 1.807) is 11.5 Å². The largest absolute Gasteiger partial charge is 0.451 e. The van der Waals surface area contributed by atoms with Gasteiger partial charge in [-0.1, -0.05) is 49.9 Å². The number of nitrogens with one attached hydrogen (secondary N) is 2. The van der Waals surface area contributed by atoms with Gasteiger partial charge in [-0.2, -0.15) is 0 Å². The van der Waals surface area contributed by atoms with Crippen LogP contribution in [0.5, 0.6) is 11.5 Å². The number of aliphatic hydroxyl groups is 1. The summed E-state index contributed by atoms with van der Waals surface area (Å²) in [5.41, 5.74) is -0.472. The second kappa shape index (κ2) is 12.8. The minimum Gasteiger partial charge on any atom is -0.451 e. The lowest BCUT2D eigenvalue weighted by Gasteiger charge is -2.30. The van der Waals surface area contributed by atoms with Gasteiger partial charge in [0.05, 0.1) is 16.7 Å². The molecule has 1 amide bonds. The molecule has 3 N–H and O–H groups in total. The number of carbonyl (C=O) groups excluding carboxylic acids is 1. The van der Waals surface area contributed by atoms with Crippen molar-refractivity contribution in [2.24, 2.45) is 0 Å². The van der Waals surface area contributed by atoms with Gasteiger partial charge in [0, 0.05) is 25.3 Å². The molecular weight excluding hydrogens is 571 g/mol. The van der Waals surface area contributed by atoms with Crippen LogP contribution in [0.3, 0.4) is 0 Å². The molecule has 3 aromatic carbocycles. The normalized spacial score (nSPS) is 18.8. The maximum atomic E-state index is 15.7. The first-order chi connectivity index (χ1) is 21.7. The van der Waals surface area contributed by atoms with Gasteiger partial charge < -0.3 is 29.9 Å². The molecule has 7 rings (SSSR count). The maximum absolute atomic E-state index is 15.7. The summed E-state index contributed by atoms with van der Waals surface area (Å²) in [6.07, 6.45) is 9.58. The average molecular weight is 615 g/mol. The van der Waals surface area contributed by atoms with E-state index < -0.39 is 22.8 Å². The third-order valence-corrected chi connectivity index (χ3v) is 9.59. The lowest BCUT2D eigenvalue weighted by Crippen LogP contribution is -2.36. The molecule has 0 bridgehead atoms. The molecule has 1 saturated heterocycles. The molecule has 0 spiro atoms. The van der Waals surface area contributed by atoms with E-state index in [9.17, 15) is 14.7 Å². The first-order valence-electron chi connectivity index (χ1n) is 16.3. The predicted molar refractivity (Wildman–Crippen MR) is 178 cm³/mol. The molecule has 0 radical (unpaired) electrons. The molecule has 3 heterocycles. The molecule has 1 aliphatic carbocycles. The number of amides is 1. The van der Waals surface area contributed by atoms with E-state index in [0.717, 1.165) is 48.6 Å². The molecule has 45 heavy (non-hydrogen) atoms. The molecule has 238 valence electrons. The highest BCUT2D eigenvalue weighted by atomic mass is 19.1. The number of likely N-dealkylation sites (tertiary alicyclic amines) is 1. The van der Waals surface area contributed by atoms with Gasteiger partial charge in [0.2, 0.25) is 5.43 Å². The highest BCUT2D eigenvalue weighted by Gasteiger charge is 2.32. The van der Waals surface area contributed by atoms with E-state index in [0.29, 0.717) is 36.3 Å². The summed E-state index contributed by atoms with van der Waals surface area (Å²) in [4.78, 5) is 28.6. The minimum absolute atomic E-state index is 0.0544. The number of hydrogen-bond acceptors (Lipinski definition) is 6. The Balaban J connectivity index is 0.000000452. The van der Waals surface area contributed by atoms with Crippen LogP contribution in [-0.2, 0) is 0 Å². The zero-order valence-electron chi connectivity index (χ0n) is 26.4. The van der Waals surface area contributed by atoms with Gasteiger partial charge in [-0.25, -0.2) is 4.39 Å². The van der Waals surface area contributed by atoms with E-state index in [4.69, 9.17) is 4.74 Å². The Labute approximate surface area is 263 Å². The Morgan fingerprint density at radius 2 is 1.80 bits per heavy atom. The van der Waals surface area contributed by atoms with E-state index >= 15 is 4.39 Å². The van der Waals surface area contributed by atoms with E-state index in [1.165, 1.54) is 25.6 Å². The molecule has 1 aromatic heterocycles. The van der Waals surface area contributed by atoms with Crippen LogP contribution in [0, 0.1) is 5.82 Å². The Kier molecular flexibility index (Phi) is 8.84. The fraction of sp³-hybridized carbons (Fsp3) is 0.444. The number of halogens is 1. The number of ether oxygens (including phenoxy) is 1. The summed E-state index contributed by atoms with van der Waals surface area (Å²) in [5, 5.41) is 18.9. The number of anilines is 1. The number of benzene rings is 3. The van der Waals surface area contributed by atoms with Gasteiger partial charge >= 0.3 is 0 Å². The highest BCUT2D eigenvalue weighted by Crippen LogP contribution is 2.46. The fourth-order valence-corrected chi connectivity index (χ4v) is 6.78. The van der Waals surface area contributed by atoms with E-state index in [-0.39, 0.29) is 28.9 Å². The molecular formula is C36H43FN4O4. The van der Waals surface area contributed by atoms with Crippen LogP contribution in [0.4, 0.5) is 10.1 Å². The Morgan fingerprint density at radius 3 is 2.42 bits per heavy atom. The predicted octanol–water partition coefficient (Wildman–Crippen LogP) is 6.74. The highest BCUT2D eigenvalue weighted by molar-refractivity contribution is 6.02. The molecule has 4 aromatic rings. The number of pyridine rings is 1. The fourth-order valence-electron chi connectivity index (χ4n) is 6.78. The van der Waals surface area contributed by atoms with Crippen molar-refractivity contribution in [2.75, 3.05) is 32.0 Å². The van der Waals surface area contributed by atoms with Crippen LogP contribution in [0.25, 0.3) is 27.4 Å². The summed E-state index contributed by atoms with van der Waals surface area (Å²) >= 11 is 0. The lowest BCUT2D eigenvalue weighted by molar-refractivity contribution is 0.0380. The first-order valence-corrected chi connectivity index (χ1v) is 16.3. The third kappa shape index (κ3) is 6.16. The van der Waals surface area contributed by atoms with Crippen LogP contribution in [0.2, 0.25) is 0 Å². The van der Waals surface area contributed by atoms with Gasteiger partial charge in [0.1, 0.15) is 16.8 Å². The Hall–Kier alpha value is -3.95. The van der Waals surface area contributed by atoms with Gasteiger partial charge in [-0.05, 0) is 82.1 Å². The summed E-state index contributed by atoms with van der Waals surface area (Å²) < 4.78 is 23.8. The molecule has 2 fully saturated rings. The van der Waals surface area contributed by atoms with Gasteiger partial charge in [0.25, 0.3) is 5.91 Å². The minimum atomic E-state index is -0.949. The van der Waals surface area contributed by atoms with E-state index in [1.807, 2.05) is 36.4 Å². The van der Waals surface area contributed by atoms with Crippen LogP contribution >= 0.6 is 0 Å². The van der Waals surface area contributed by atoms with Crippen molar-refractivity contribution in [1.29, 1.82) is 0 Å². The first kappa shape index (κ1) is 31.0. The summed E-state index contributed by atoms with van der Waals surface area (Å²) in [5.74, 6) is -0.549. The number of aromatic nitrogens is 1. The van der Waals surface area contributed by atoms with Crippen molar-refractivity contribution < 1.29 is 19.0 Å². The Bertz CT molecular complexity index is 1790. The quantitative estimate of drug-likeness (QED) is 0.190. The summed E-state index contributed by atoms with van der Waals surface area (Å²) in [6, 6.07) is 13.6. The van der Waals surface area contributed by atoms with Crippen LogP contribution in [0.15, 0.2) is 53.5 Å². The number of rotatable bonds is 5. The number of nitrogens with zero attached hydrogens (tertiary/aromatic N) is 2. The molecule has 2 aliphatic heterocycles. The van der Waals surface area contributed by atoms with Crippen LogP contribution in [0.1, 0.15) is 75.6 Å². The lowest BCUT2D eigenvalue weighted by atomic mass is 9.94. The molecule has 9 heteroatoms. The second-order valence-electron chi connectivity index (χ2n) is 12.8. The van der Waals surface area contributed by atoms with Crippen LogP contribution in [-0.4, -0.2) is 58.8 Å². The van der Waals surface area contributed by atoms with Crippen molar-refractivity contribution in [2.45, 2.75) is 76.9 Å². The third-order valence-electron chi connectivity index (χ3n) is 9.59. The topological polar surface area (TPSA) is 95.8 Å². The summed E-state index contributed by atoms with van der Waals surface area (Å²) in [6.45, 7) is 5.88. The monoisotopic (exact) mass is 614 g/mol.